The number of hydrogen-bond donors (Lipinski definition) is 1. The zero-order valence-corrected chi connectivity index (χ0v) is 10.4. The van der Waals surface area contributed by atoms with Crippen LogP contribution in [0.15, 0.2) is 0 Å². The molecular weight excluding hydrogens is 232 g/mol. The van der Waals surface area contributed by atoms with E-state index >= 15 is 0 Å². The minimum Gasteiger partial charge on any atom is -0.480 e. The smallest absolute Gasteiger partial charge is 0.322 e. The molecule has 0 bridgehead atoms. The van der Waals surface area contributed by atoms with Crippen molar-refractivity contribution in [1.82, 2.24) is 0 Å². The summed E-state index contributed by atoms with van der Waals surface area (Å²) in [6.07, 6.45) is 1.22. The Labute approximate surface area is 95.7 Å². The number of sulfone groups is 1. The predicted octanol–water partition coefficient (Wildman–Crippen LogP) is 0.689. The summed E-state index contributed by atoms with van der Waals surface area (Å²) in [5, 5.41) is 7.61. The number of ether oxygens (including phenoxy) is 1. The van der Waals surface area contributed by atoms with Crippen molar-refractivity contribution < 1.29 is 23.1 Å². The first-order valence-electron chi connectivity index (χ1n) is 5.40. The fraction of sp³-hybridized carbons (Fsp3) is 0.900. The molecule has 0 aromatic rings. The van der Waals surface area contributed by atoms with Crippen molar-refractivity contribution >= 4 is 15.8 Å². The van der Waals surface area contributed by atoms with Crippen LogP contribution in [0.25, 0.3) is 0 Å². The van der Waals surface area contributed by atoms with Gasteiger partial charge in [-0.05, 0) is 18.8 Å². The van der Waals surface area contributed by atoms with Crippen LogP contribution in [0.5, 0.6) is 0 Å². The zero-order chi connectivity index (χ0) is 12.3. The SMILES string of the molecule is CC(C)C(C(=O)O)S(=O)(=O)CC1CCCO1. The molecular formula is C10H18O5S. The van der Waals surface area contributed by atoms with Gasteiger partial charge >= 0.3 is 5.97 Å². The van der Waals surface area contributed by atoms with Crippen molar-refractivity contribution in [3.8, 4) is 0 Å². The van der Waals surface area contributed by atoms with Gasteiger partial charge in [-0.25, -0.2) is 8.42 Å². The van der Waals surface area contributed by atoms with Gasteiger partial charge in [-0.2, -0.15) is 0 Å². The largest absolute Gasteiger partial charge is 0.480 e. The van der Waals surface area contributed by atoms with E-state index in [9.17, 15) is 13.2 Å². The highest BCUT2D eigenvalue weighted by Crippen LogP contribution is 2.20. The highest BCUT2D eigenvalue weighted by molar-refractivity contribution is 7.92. The number of hydrogen-bond acceptors (Lipinski definition) is 4. The molecule has 5 nitrogen and oxygen atoms in total. The van der Waals surface area contributed by atoms with Crippen LogP contribution >= 0.6 is 0 Å². The summed E-state index contributed by atoms with van der Waals surface area (Å²) in [7, 11) is -3.63. The molecule has 16 heavy (non-hydrogen) atoms. The third-order valence-electron chi connectivity index (χ3n) is 2.68. The number of carbonyl (C=O) groups is 1. The Hall–Kier alpha value is -0.620. The van der Waals surface area contributed by atoms with Crippen molar-refractivity contribution in [2.75, 3.05) is 12.4 Å². The molecule has 2 unspecified atom stereocenters. The quantitative estimate of drug-likeness (QED) is 0.776. The molecule has 0 saturated carbocycles. The predicted molar refractivity (Wildman–Crippen MR) is 59.0 cm³/mol. The van der Waals surface area contributed by atoms with Gasteiger partial charge in [0.15, 0.2) is 15.1 Å². The third kappa shape index (κ3) is 3.18. The second kappa shape index (κ2) is 5.14. The molecule has 1 heterocycles. The second-order valence-corrected chi connectivity index (χ2v) is 6.63. The first kappa shape index (κ1) is 13.4. The van der Waals surface area contributed by atoms with Crippen LogP contribution < -0.4 is 0 Å². The van der Waals surface area contributed by atoms with E-state index in [1.165, 1.54) is 0 Å². The summed E-state index contributed by atoms with van der Waals surface area (Å²) in [5.41, 5.74) is 0. The average molecular weight is 250 g/mol. The molecule has 1 aliphatic heterocycles. The van der Waals surface area contributed by atoms with Gasteiger partial charge in [0.1, 0.15) is 0 Å². The summed E-state index contributed by atoms with van der Waals surface area (Å²) in [6.45, 7) is 3.78. The van der Waals surface area contributed by atoms with Gasteiger partial charge in [0.05, 0.1) is 11.9 Å². The van der Waals surface area contributed by atoms with E-state index < -0.39 is 27.0 Å². The number of rotatable bonds is 5. The fourth-order valence-corrected chi connectivity index (χ4v) is 4.12. The Kier molecular flexibility index (Phi) is 4.32. The van der Waals surface area contributed by atoms with Gasteiger partial charge in [-0.3, -0.25) is 4.79 Å². The van der Waals surface area contributed by atoms with Crippen molar-refractivity contribution in [3.63, 3.8) is 0 Å². The van der Waals surface area contributed by atoms with Crippen LogP contribution in [0.4, 0.5) is 0 Å². The topological polar surface area (TPSA) is 80.7 Å². The molecule has 1 rings (SSSR count). The van der Waals surface area contributed by atoms with Crippen LogP contribution in [-0.2, 0) is 19.4 Å². The molecule has 6 heteroatoms. The average Bonchev–Trinajstić information content (AvgIpc) is 2.52. The van der Waals surface area contributed by atoms with Crippen LogP contribution in [0.2, 0.25) is 0 Å². The highest BCUT2D eigenvalue weighted by Gasteiger charge is 2.37. The number of carboxylic acid groups (broad SMARTS) is 1. The zero-order valence-electron chi connectivity index (χ0n) is 9.55. The van der Waals surface area contributed by atoms with Crippen molar-refractivity contribution in [2.24, 2.45) is 5.92 Å². The number of aliphatic carboxylic acids is 1. The maximum atomic E-state index is 11.9. The van der Waals surface area contributed by atoms with E-state index in [0.717, 1.165) is 6.42 Å². The monoisotopic (exact) mass is 250 g/mol. The molecule has 1 fully saturated rings. The molecule has 0 aromatic carbocycles. The van der Waals surface area contributed by atoms with Crippen LogP contribution in [0, 0.1) is 5.92 Å². The first-order valence-corrected chi connectivity index (χ1v) is 7.12. The number of carboxylic acids is 1. The lowest BCUT2D eigenvalue weighted by molar-refractivity contribution is -0.137. The first-order chi connectivity index (χ1) is 7.34. The molecule has 2 atom stereocenters. The maximum absolute atomic E-state index is 11.9. The molecule has 0 aliphatic carbocycles. The molecule has 94 valence electrons. The van der Waals surface area contributed by atoms with Crippen LogP contribution in [0.3, 0.4) is 0 Å². The Balaban J connectivity index is 2.77. The van der Waals surface area contributed by atoms with Crippen molar-refractivity contribution in [1.29, 1.82) is 0 Å². The maximum Gasteiger partial charge on any atom is 0.322 e. The summed E-state index contributed by atoms with van der Waals surface area (Å²) < 4.78 is 29.0. The Bertz CT molecular complexity index is 340. The van der Waals surface area contributed by atoms with E-state index in [1.807, 2.05) is 0 Å². The molecule has 0 amide bonds. The van der Waals surface area contributed by atoms with Gasteiger partial charge < -0.3 is 9.84 Å². The lowest BCUT2D eigenvalue weighted by Crippen LogP contribution is -2.39. The van der Waals surface area contributed by atoms with Crippen LogP contribution in [-0.4, -0.2) is 43.2 Å². The van der Waals surface area contributed by atoms with Crippen molar-refractivity contribution in [2.45, 2.75) is 38.0 Å². The van der Waals surface area contributed by atoms with E-state index in [4.69, 9.17) is 9.84 Å². The van der Waals surface area contributed by atoms with Gasteiger partial charge in [-0.15, -0.1) is 0 Å². The van der Waals surface area contributed by atoms with Gasteiger partial charge in [0, 0.05) is 6.61 Å². The Morgan fingerprint density at radius 1 is 1.50 bits per heavy atom. The lowest BCUT2D eigenvalue weighted by atomic mass is 10.1. The summed E-state index contributed by atoms with van der Waals surface area (Å²) >= 11 is 0. The highest BCUT2D eigenvalue weighted by atomic mass is 32.2. The standard InChI is InChI=1S/C10H18O5S/c1-7(2)9(10(11)12)16(13,14)6-8-4-3-5-15-8/h7-9H,3-6H2,1-2H3,(H,11,12). The minimum absolute atomic E-state index is 0.178. The third-order valence-corrected chi connectivity index (χ3v) is 5.03. The molecule has 0 spiro atoms. The minimum atomic E-state index is -3.63. The molecule has 0 aromatic heterocycles. The van der Waals surface area contributed by atoms with E-state index in [-0.39, 0.29) is 11.9 Å². The Morgan fingerprint density at radius 2 is 2.12 bits per heavy atom. The normalized spacial score (nSPS) is 23.6. The summed E-state index contributed by atoms with van der Waals surface area (Å²) in [4.78, 5) is 10.9. The molecule has 1 N–H and O–H groups in total. The van der Waals surface area contributed by atoms with Crippen molar-refractivity contribution in [3.05, 3.63) is 0 Å². The fourth-order valence-electron chi connectivity index (χ4n) is 1.99. The van der Waals surface area contributed by atoms with E-state index in [1.54, 1.807) is 13.8 Å². The molecule has 1 saturated heterocycles. The molecule has 1 aliphatic rings. The lowest BCUT2D eigenvalue weighted by Gasteiger charge is -2.18. The molecule has 0 radical (unpaired) electrons. The van der Waals surface area contributed by atoms with E-state index in [0.29, 0.717) is 13.0 Å². The van der Waals surface area contributed by atoms with Gasteiger partial charge in [0.25, 0.3) is 0 Å². The van der Waals surface area contributed by atoms with Gasteiger partial charge in [0.2, 0.25) is 0 Å². The van der Waals surface area contributed by atoms with E-state index in [2.05, 4.69) is 0 Å². The van der Waals surface area contributed by atoms with Gasteiger partial charge in [-0.1, -0.05) is 13.8 Å². The van der Waals surface area contributed by atoms with Crippen LogP contribution in [0.1, 0.15) is 26.7 Å². The summed E-state index contributed by atoms with van der Waals surface area (Å²) in [5.74, 6) is -1.88. The second-order valence-electron chi connectivity index (χ2n) is 4.47. The summed E-state index contributed by atoms with van der Waals surface area (Å²) in [6, 6.07) is 0. The Morgan fingerprint density at radius 3 is 2.50 bits per heavy atom.